The summed E-state index contributed by atoms with van der Waals surface area (Å²) in [5.74, 6) is 0. The van der Waals surface area contributed by atoms with Crippen LogP contribution in [0.3, 0.4) is 0 Å². The number of hydrogen-bond donors (Lipinski definition) is 1. The summed E-state index contributed by atoms with van der Waals surface area (Å²) in [5.41, 5.74) is 6.56. The first-order valence-electron chi connectivity index (χ1n) is 6.95. The number of piperidine rings is 1. The lowest BCUT2D eigenvalue weighted by Crippen LogP contribution is -2.44. The Balaban J connectivity index is 2.37. The maximum absolute atomic E-state index is 12.8. The molecule has 112 valence electrons. The number of rotatable bonds is 4. The molecule has 0 saturated carbocycles. The highest BCUT2D eigenvalue weighted by Gasteiger charge is 2.34. The maximum Gasteiger partial charge on any atom is 0.244 e. The molecule has 1 aromatic rings. The van der Waals surface area contributed by atoms with E-state index in [0.717, 1.165) is 24.8 Å². The van der Waals surface area contributed by atoms with Crippen LogP contribution in [0.1, 0.15) is 31.2 Å². The third-order valence-electron chi connectivity index (χ3n) is 3.75. The molecule has 0 radical (unpaired) electrons. The van der Waals surface area contributed by atoms with Gasteiger partial charge in [-0.3, -0.25) is 0 Å². The van der Waals surface area contributed by atoms with E-state index in [1.807, 2.05) is 6.92 Å². The van der Waals surface area contributed by atoms with Crippen molar-refractivity contribution in [2.45, 2.75) is 43.5 Å². The molecule has 1 saturated heterocycles. The molecule has 1 fully saturated rings. The van der Waals surface area contributed by atoms with Crippen LogP contribution in [0.2, 0.25) is 5.02 Å². The Morgan fingerprint density at radius 3 is 2.80 bits per heavy atom. The summed E-state index contributed by atoms with van der Waals surface area (Å²) in [4.78, 5) is 0.202. The highest BCUT2D eigenvalue weighted by atomic mass is 35.5. The van der Waals surface area contributed by atoms with Crippen LogP contribution in [0.15, 0.2) is 23.1 Å². The summed E-state index contributed by atoms with van der Waals surface area (Å²) in [6.07, 6.45) is 3.52. The van der Waals surface area contributed by atoms with Gasteiger partial charge in [-0.05, 0) is 50.4 Å². The molecule has 4 nitrogen and oxygen atoms in total. The first-order chi connectivity index (χ1) is 9.46. The Morgan fingerprint density at radius 1 is 1.40 bits per heavy atom. The first-order valence-corrected chi connectivity index (χ1v) is 8.76. The smallest absolute Gasteiger partial charge is 0.244 e. The van der Waals surface area contributed by atoms with E-state index in [2.05, 4.69) is 0 Å². The lowest BCUT2D eigenvalue weighted by molar-refractivity contribution is 0.243. The standard InChI is InChI=1S/C14H21ClN2O2S/c1-11-5-6-14(13(15)10-11)20(18,19)17-9-3-2-4-12(17)7-8-16/h5-6,10,12H,2-4,7-9,16H2,1H3. The van der Waals surface area contributed by atoms with E-state index >= 15 is 0 Å². The average Bonchev–Trinajstić information content (AvgIpc) is 2.39. The highest BCUT2D eigenvalue weighted by Crippen LogP contribution is 2.30. The Bertz CT molecular complexity index is 573. The Hall–Kier alpha value is -0.620. The number of halogens is 1. The summed E-state index contributed by atoms with van der Waals surface area (Å²) in [6.45, 7) is 2.94. The molecule has 1 aliphatic rings. The predicted octanol–water partition coefficient (Wildman–Crippen LogP) is 2.54. The van der Waals surface area contributed by atoms with Gasteiger partial charge in [0.05, 0.1) is 5.02 Å². The van der Waals surface area contributed by atoms with E-state index in [9.17, 15) is 8.42 Å². The zero-order valence-electron chi connectivity index (χ0n) is 11.7. The van der Waals surface area contributed by atoms with Crippen molar-refractivity contribution in [1.29, 1.82) is 0 Å². The van der Waals surface area contributed by atoms with Gasteiger partial charge in [0.1, 0.15) is 4.90 Å². The van der Waals surface area contributed by atoms with Gasteiger partial charge in [0.15, 0.2) is 0 Å². The summed E-state index contributed by atoms with van der Waals surface area (Å²) in [6, 6.07) is 5.06. The minimum absolute atomic E-state index is 0.00359. The van der Waals surface area contributed by atoms with Gasteiger partial charge >= 0.3 is 0 Å². The van der Waals surface area contributed by atoms with Crippen LogP contribution in [0, 0.1) is 6.92 Å². The number of benzene rings is 1. The fourth-order valence-corrected chi connectivity index (χ4v) is 5.01. The van der Waals surface area contributed by atoms with Gasteiger partial charge in [0.2, 0.25) is 10.0 Å². The lowest BCUT2D eigenvalue weighted by Gasteiger charge is -2.34. The van der Waals surface area contributed by atoms with Crippen molar-refractivity contribution in [1.82, 2.24) is 4.31 Å². The van der Waals surface area contributed by atoms with Crippen molar-refractivity contribution in [2.24, 2.45) is 5.73 Å². The molecule has 0 aliphatic carbocycles. The van der Waals surface area contributed by atoms with Gasteiger partial charge in [-0.2, -0.15) is 4.31 Å². The van der Waals surface area contributed by atoms with Gasteiger partial charge in [0, 0.05) is 12.6 Å². The molecular weight excluding hydrogens is 296 g/mol. The fraction of sp³-hybridized carbons (Fsp3) is 0.571. The second kappa shape index (κ2) is 6.43. The number of nitrogens with zero attached hydrogens (tertiary/aromatic N) is 1. The molecule has 0 bridgehead atoms. The van der Waals surface area contributed by atoms with Crippen molar-refractivity contribution < 1.29 is 8.42 Å². The van der Waals surface area contributed by atoms with Gasteiger partial charge in [0.25, 0.3) is 0 Å². The van der Waals surface area contributed by atoms with E-state index in [1.165, 1.54) is 0 Å². The maximum atomic E-state index is 12.8. The van der Waals surface area contributed by atoms with Crippen molar-refractivity contribution in [3.8, 4) is 0 Å². The Labute approximate surface area is 126 Å². The predicted molar refractivity (Wildman–Crippen MR) is 81.4 cm³/mol. The van der Waals surface area contributed by atoms with Crippen LogP contribution < -0.4 is 5.73 Å². The minimum atomic E-state index is -3.53. The lowest BCUT2D eigenvalue weighted by atomic mass is 10.0. The van der Waals surface area contributed by atoms with E-state index < -0.39 is 10.0 Å². The van der Waals surface area contributed by atoms with E-state index in [-0.39, 0.29) is 10.9 Å². The number of sulfonamides is 1. The SMILES string of the molecule is Cc1ccc(S(=O)(=O)N2CCCCC2CCN)c(Cl)c1. The summed E-state index contributed by atoms with van der Waals surface area (Å²) in [5, 5.41) is 0.294. The largest absolute Gasteiger partial charge is 0.330 e. The average molecular weight is 317 g/mol. The zero-order chi connectivity index (χ0) is 14.8. The Kier molecular flexibility index (Phi) is 5.07. The first kappa shape index (κ1) is 15.8. The molecule has 1 heterocycles. The molecule has 1 atom stereocenters. The highest BCUT2D eigenvalue weighted by molar-refractivity contribution is 7.89. The van der Waals surface area contributed by atoms with Gasteiger partial charge in [-0.1, -0.05) is 24.1 Å². The van der Waals surface area contributed by atoms with Crippen LogP contribution in [-0.4, -0.2) is 31.9 Å². The van der Waals surface area contributed by atoms with Crippen LogP contribution in [0.5, 0.6) is 0 Å². The third-order valence-corrected chi connectivity index (χ3v) is 6.18. The number of nitrogens with two attached hydrogens (primary N) is 1. The normalized spacial score (nSPS) is 21.1. The quantitative estimate of drug-likeness (QED) is 0.928. The number of aryl methyl sites for hydroxylation is 1. The molecule has 0 spiro atoms. The van der Waals surface area contributed by atoms with Crippen LogP contribution in [0.25, 0.3) is 0 Å². The molecule has 2 N–H and O–H groups in total. The van der Waals surface area contributed by atoms with Crippen LogP contribution in [-0.2, 0) is 10.0 Å². The molecule has 2 rings (SSSR count). The molecule has 20 heavy (non-hydrogen) atoms. The van der Waals surface area contributed by atoms with Gasteiger partial charge in [-0.15, -0.1) is 0 Å². The summed E-state index contributed by atoms with van der Waals surface area (Å²) >= 11 is 6.13. The zero-order valence-corrected chi connectivity index (χ0v) is 13.3. The van der Waals surface area contributed by atoms with Crippen molar-refractivity contribution in [3.63, 3.8) is 0 Å². The monoisotopic (exact) mass is 316 g/mol. The van der Waals surface area contributed by atoms with Gasteiger partial charge < -0.3 is 5.73 Å². The second-order valence-corrected chi connectivity index (χ2v) is 7.54. The fourth-order valence-electron chi connectivity index (χ4n) is 2.71. The van der Waals surface area contributed by atoms with Crippen LogP contribution in [0.4, 0.5) is 0 Å². The molecule has 1 unspecified atom stereocenters. The molecule has 6 heteroatoms. The van der Waals surface area contributed by atoms with Crippen molar-refractivity contribution in [3.05, 3.63) is 28.8 Å². The second-order valence-electron chi connectivity index (χ2n) is 5.28. The molecule has 0 amide bonds. The summed E-state index contributed by atoms with van der Waals surface area (Å²) < 4.78 is 27.2. The van der Waals surface area contributed by atoms with Crippen molar-refractivity contribution in [2.75, 3.05) is 13.1 Å². The molecule has 0 aromatic heterocycles. The van der Waals surface area contributed by atoms with E-state index in [4.69, 9.17) is 17.3 Å². The van der Waals surface area contributed by atoms with E-state index in [0.29, 0.717) is 24.5 Å². The molecule has 1 aliphatic heterocycles. The van der Waals surface area contributed by atoms with E-state index in [1.54, 1.807) is 22.5 Å². The van der Waals surface area contributed by atoms with Crippen molar-refractivity contribution >= 4 is 21.6 Å². The molecular formula is C14H21ClN2O2S. The summed E-state index contributed by atoms with van der Waals surface area (Å²) in [7, 11) is -3.53. The third kappa shape index (κ3) is 3.17. The number of hydrogen-bond acceptors (Lipinski definition) is 3. The Morgan fingerprint density at radius 2 is 2.15 bits per heavy atom. The minimum Gasteiger partial charge on any atom is -0.330 e. The topological polar surface area (TPSA) is 63.4 Å². The molecule has 1 aromatic carbocycles. The van der Waals surface area contributed by atoms with Gasteiger partial charge in [-0.25, -0.2) is 8.42 Å². The van der Waals surface area contributed by atoms with Crippen LogP contribution >= 0.6 is 11.6 Å².